The number of nitrogens with one attached hydrogen (secondary N) is 1. The van der Waals surface area contributed by atoms with Gasteiger partial charge in [-0.15, -0.1) is 0 Å². The average molecular weight is 502 g/mol. The lowest BCUT2D eigenvalue weighted by molar-refractivity contribution is 0.0914. The molecule has 0 unspecified atom stereocenters. The first-order valence-corrected chi connectivity index (χ1v) is 10.9. The van der Waals surface area contributed by atoms with E-state index in [0.717, 1.165) is 5.39 Å². The van der Waals surface area contributed by atoms with Gasteiger partial charge in [0.2, 0.25) is 11.7 Å². The summed E-state index contributed by atoms with van der Waals surface area (Å²) in [4.78, 5) is 28.0. The highest BCUT2D eigenvalue weighted by molar-refractivity contribution is 6.31. The van der Waals surface area contributed by atoms with E-state index in [0.29, 0.717) is 33.2 Å². The van der Waals surface area contributed by atoms with Crippen molar-refractivity contribution in [1.82, 2.24) is 4.98 Å². The Morgan fingerprint density at radius 1 is 1.06 bits per heavy atom. The van der Waals surface area contributed by atoms with Crippen LogP contribution >= 0.6 is 11.6 Å². The van der Waals surface area contributed by atoms with Crippen LogP contribution in [0, 0.1) is 11.3 Å². The second-order valence-electron chi connectivity index (χ2n) is 7.68. The predicted molar refractivity (Wildman–Crippen MR) is 136 cm³/mol. The summed E-state index contributed by atoms with van der Waals surface area (Å²) in [5.41, 5.74) is 18.2. The summed E-state index contributed by atoms with van der Waals surface area (Å²) >= 11 is 5.96. The van der Waals surface area contributed by atoms with Crippen LogP contribution in [0.4, 0.5) is 0 Å². The number of fused-ring (bicyclic) bond motifs is 2. The van der Waals surface area contributed by atoms with Crippen molar-refractivity contribution in [3.63, 3.8) is 0 Å². The second-order valence-corrected chi connectivity index (χ2v) is 8.09. The number of allylic oxidation sites excluding steroid dienone is 2. The predicted octanol–water partition coefficient (Wildman–Crippen LogP) is 3.77. The van der Waals surface area contributed by atoms with Crippen molar-refractivity contribution < 1.29 is 19.1 Å². The van der Waals surface area contributed by atoms with Gasteiger partial charge < -0.3 is 31.7 Å². The molecule has 0 spiro atoms. The van der Waals surface area contributed by atoms with Gasteiger partial charge in [0.1, 0.15) is 16.5 Å². The van der Waals surface area contributed by atoms with E-state index in [9.17, 15) is 9.59 Å². The molecule has 0 aliphatic heterocycles. The van der Waals surface area contributed by atoms with Crippen LogP contribution in [0.15, 0.2) is 77.9 Å². The lowest BCUT2D eigenvalue weighted by Crippen LogP contribution is -2.16. The number of rotatable bonds is 8. The van der Waals surface area contributed by atoms with Crippen molar-refractivity contribution in [2.24, 2.45) is 17.2 Å². The van der Waals surface area contributed by atoms with E-state index >= 15 is 0 Å². The third-order valence-corrected chi connectivity index (χ3v) is 5.66. The molecule has 0 aliphatic carbocycles. The van der Waals surface area contributed by atoms with Crippen LogP contribution in [0.25, 0.3) is 21.7 Å². The summed E-state index contributed by atoms with van der Waals surface area (Å²) in [5, 5.41) is 11.3. The zero-order chi connectivity index (χ0) is 25.8. The number of amides is 1. The number of ketones is 1. The normalized spacial score (nSPS) is 11.9. The minimum Gasteiger partial charge on any atom is -0.485 e. The molecule has 0 radical (unpaired) electrons. The number of aromatic amines is 1. The number of hydrogen-bond donors (Lipinski definition) is 4. The largest absolute Gasteiger partial charge is 0.485 e. The first-order valence-electron chi connectivity index (χ1n) is 10.6. The van der Waals surface area contributed by atoms with E-state index in [4.69, 9.17) is 43.5 Å². The molecular weight excluding hydrogens is 482 g/mol. The smallest absolute Gasteiger partial charge is 0.252 e. The molecule has 7 N–H and O–H groups in total. The van der Waals surface area contributed by atoms with Gasteiger partial charge in [0.05, 0.1) is 17.2 Å². The average Bonchev–Trinajstić information content (AvgIpc) is 3.29. The van der Waals surface area contributed by atoms with Crippen molar-refractivity contribution in [1.29, 1.82) is 5.26 Å². The number of halogens is 1. The molecule has 36 heavy (non-hydrogen) atoms. The Balaban J connectivity index is 1.55. The summed E-state index contributed by atoms with van der Waals surface area (Å²) in [6, 6.07) is 15.2. The van der Waals surface area contributed by atoms with Crippen LogP contribution in [-0.4, -0.2) is 23.3 Å². The van der Waals surface area contributed by atoms with Crippen molar-refractivity contribution in [2.75, 3.05) is 6.61 Å². The van der Waals surface area contributed by atoms with E-state index in [-0.39, 0.29) is 34.6 Å². The minimum atomic E-state index is -0.711. The van der Waals surface area contributed by atoms with Crippen LogP contribution in [0.2, 0.25) is 0 Å². The molecule has 0 saturated carbocycles. The Morgan fingerprint density at radius 2 is 1.86 bits per heavy atom. The van der Waals surface area contributed by atoms with Gasteiger partial charge in [-0.05, 0) is 59.4 Å². The lowest BCUT2D eigenvalue weighted by atomic mass is 10.0. The van der Waals surface area contributed by atoms with Gasteiger partial charge in [-0.3, -0.25) is 9.59 Å². The number of hydrogen-bond acceptors (Lipinski definition) is 7. The zero-order valence-electron chi connectivity index (χ0n) is 18.7. The number of nitriles is 1. The van der Waals surface area contributed by atoms with E-state index in [1.165, 1.54) is 12.3 Å². The van der Waals surface area contributed by atoms with Crippen LogP contribution in [0.3, 0.4) is 0 Å². The molecular formula is C26H20ClN5O4. The highest BCUT2D eigenvalue weighted by Crippen LogP contribution is 2.28. The molecule has 0 aliphatic rings. The monoisotopic (exact) mass is 501 g/mol. The maximum atomic E-state index is 13.0. The zero-order valence-corrected chi connectivity index (χ0v) is 19.5. The maximum Gasteiger partial charge on any atom is 0.252 e. The van der Waals surface area contributed by atoms with Gasteiger partial charge in [0, 0.05) is 28.7 Å². The summed E-state index contributed by atoms with van der Waals surface area (Å²) in [6.07, 6.45) is 4.19. The fourth-order valence-electron chi connectivity index (χ4n) is 3.62. The summed E-state index contributed by atoms with van der Waals surface area (Å²) in [7, 11) is 0. The van der Waals surface area contributed by atoms with Crippen LogP contribution in [-0.2, 0) is 0 Å². The highest BCUT2D eigenvalue weighted by atomic mass is 35.5. The van der Waals surface area contributed by atoms with Crippen LogP contribution in [0.1, 0.15) is 26.3 Å². The molecule has 4 aromatic rings. The fraction of sp³-hybridized carbons (Fsp3) is 0.0385. The third-order valence-electron chi connectivity index (χ3n) is 5.35. The Bertz CT molecular complexity index is 1610. The number of nitrogens with two attached hydrogens (primary N) is 3. The number of Topliss-reactive ketones (excluding diaryl/α,β-unsaturated/α-hetero) is 1. The summed E-state index contributed by atoms with van der Waals surface area (Å²) in [5.74, 6) is -0.479. The van der Waals surface area contributed by atoms with E-state index in [2.05, 4.69) is 11.1 Å². The quantitative estimate of drug-likeness (QED) is 0.162. The van der Waals surface area contributed by atoms with Crippen molar-refractivity contribution in [2.45, 2.75) is 0 Å². The van der Waals surface area contributed by atoms with E-state index in [1.807, 2.05) is 0 Å². The van der Waals surface area contributed by atoms with Crippen molar-refractivity contribution in [3.8, 4) is 17.6 Å². The SMILES string of the molecule is N#Cc1ccc2cc(OCC(=O)c3c[nH]c4cc(O/C(N)=C(Cl)/C=C\N)ccc34)c(C(N)=O)cc2c1. The molecule has 4 rings (SSSR count). The molecule has 0 bridgehead atoms. The lowest BCUT2D eigenvalue weighted by Gasteiger charge is -2.11. The van der Waals surface area contributed by atoms with Crippen LogP contribution < -0.4 is 26.7 Å². The Morgan fingerprint density at radius 3 is 2.58 bits per heavy atom. The molecule has 9 nitrogen and oxygen atoms in total. The fourth-order valence-corrected chi connectivity index (χ4v) is 3.73. The molecule has 1 amide bonds. The van der Waals surface area contributed by atoms with Gasteiger partial charge in [0.25, 0.3) is 5.91 Å². The number of benzene rings is 3. The Hall–Kier alpha value is -4.94. The number of primary amides is 1. The van der Waals surface area contributed by atoms with Crippen molar-refractivity contribution >= 4 is 45.0 Å². The summed E-state index contributed by atoms with van der Waals surface area (Å²) < 4.78 is 11.2. The minimum absolute atomic E-state index is 0.0292. The Kier molecular flexibility index (Phi) is 6.81. The Labute approximate surface area is 210 Å². The number of carbonyl (C=O) groups is 2. The topological polar surface area (TPSA) is 170 Å². The van der Waals surface area contributed by atoms with Crippen molar-refractivity contribution in [3.05, 3.63) is 94.6 Å². The molecule has 0 saturated heterocycles. The molecule has 3 aromatic carbocycles. The molecule has 180 valence electrons. The number of ether oxygens (including phenoxy) is 2. The van der Waals surface area contributed by atoms with Gasteiger partial charge >= 0.3 is 0 Å². The third kappa shape index (κ3) is 4.94. The van der Waals surface area contributed by atoms with Crippen LogP contribution in [0.5, 0.6) is 11.5 Å². The maximum absolute atomic E-state index is 13.0. The second kappa shape index (κ2) is 10.1. The summed E-state index contributed by atoms with van der Waals surface area (Å²) in [6.45, 7) is -0.329. The highest BCUT2D eigenvalue weighted by Gasteiger charge is 2.17. The van der Waals surface area contributed by atoms with E-state index < -0.39 is 5.91 Å². The molecule has 0 atom stereocenters. The van der Waals surface area contributed by atoms with Gasteiger partial charge in [-0.1, -0.05) is 17.7 Å². The first kappa shape index (κ1) is 24.2. The molecule has 1 aromatic heterocycles. The number of aromatic nitrogens is 1. The number of H-pyrrole nitrogens is 1. The molecule has 0 fully saturated rings. The molecule has 10 heteroatoms. The number of nitrogens with zero attached hydrogens (tertiary/aromatic N) is 1. The van der Waals surface area contributed by atoms with Gasteiger partial charge in [-0.25, -0.2) is 0 Å². The first-order chi connectivity index (χ1) is 17.3. The van der Waals surface area contributed by atoms with E-state index in [1.54, 1.807) is 54.7 Å². The standard InChI is InChI=1S/C26H20ClN5O4/c27-21(5-6-28)26(31)36-17-3-4-18-20(12-32-22(18)10-17)23(33)13-35-24-9-15-2-1-14(11-29)7-16(15)8-19(24)25(30)34/h1-10,12,32H,13,28,31H2,(H2,30,34)/b6-5-,26-21-. The number of carbonyl (C=O) groups excluding carboxylic acids is 2. The van der Waals surface area contributed by atoms with Gasteiger partial charge in [0.15, 0.2) is 6.61 Å². The molecule has 1 heterocycles. The van der Waals surface area contributed by atoms with Gasteiger partial charge in [-0.2, -0.15) is 5.26 Å².